The van der Waals surface area contributed by atoms with E-state index in [1.807, 2.05) is 30.5 Å². The zero-order valence-corrected chi connectivity index (χ0v) is 10.8. The fraction of sp³-hybridized carbons (Fsp3) is 0.400. The number of aromatic nitrogens is 1. The predicted octanol–water partition coefficient (Wildman–Crippen LogP) is 2.61. The lowest BCUT2D eigenvalue weighted by Gasteiger charge is -2.12. The number of fused-ring (bicyclic) bond motifs is 1. The van der Waals surface area contributed by atoms with Gasteiger partial charge in [0.1, 0.15) is 5.75 Å². The fourth-order valence-electron chi connectivity index (χ4n) is 2.61. The summed E-state index contributed by atoms with van der Waals surface area (Å²) in [7, 11) is 0. The lowest BCUT2D eigenvalue weighted by molar-refractivity contribution is -0.123. The average Bonchev–Trinajstić information content (AvgIpc) is 3.06. The van der Waals surface area contributed by atoms with Gasteiger partial charge in [-0.25, -0.2) is 0 Å². The van der Waals surface area contributed by atoms with Crippen LogP contribution in [0.1, 0.15) is 25.7 Å². The molecule has 4 heteroatoms. The third kappa shape index (κ3) is 2.89. The molecule has 0 radical (unpaired) electrons. The summed E-state index contributed by atoms with van der Waals surface area (Å²) < 4.78 is 5.53. The monoisotopic (exact) mass is 258 g/mol. The van der Waals surface area contributed by atoms with E-state index < -0.39 is 0 Å². The van der Waals surface area contributed by atoms with E-state index in [2.05, 4.69) is 10.3 Å². The largest absolute Gasteiger partial charge is 0.484 e. The molecule has 0 aliphatic heterocycles. The maximum atomic E-state index is 11.7. The van der Waals surface area contributed by atoms with Crippen LogP contribution in [0, 0.1) is 0 Å². The average molecular weight is 258 g/mol. The highest BCUT2D eigenvalue weighted by Gasteiger charge is 2.17. The first-order valence-electron chi connectivity index (χ1n) is 6.80. The molecule has 0 unspecified atom stereocenters. The Balaban J connectivity index is 1.54. The standard InChI is InChI=1S/C15H18N2O2/c18-15(17-12-3-1-2-4-12)10-19-13-5-6-14-11(9-13)7-8-16-14/h5-9,12,16H,1-4,10H2,(H,17,18). The second-order valence-electron chi connectivity index (χ2n) is 5.06. The van der Waals surface area contributed by atoms with Crippen molar-refractivity contribution in [3.05, 3.63) is 30.5 Å². The van der Waals surface area contributed by atoms with Crippen LogP contribution < -0.4 is 10.1 Å². The summed E-state index contributed by atoms with van der Waals surface area (Å²) in [6.45, 7) is 0.0897. The van der Waals surface area contributed by atoms with E-state index >= 15 is 0 Å². The van der Waals surface area contributed by atoms with E-state index in [0.717, 1.165) is 29.5 Å². The molecule has 0 saturated heterocycles. The number of amides is 1. The van der Waals surface area contributed by atoms with E-state index in [9.17, 15) is 4.79 Å². The smallest absolute Gasteiger partial charge is 0.258 e. The van der Waals surface area contributed by atoms with Gasteiger partial charge >= 0.3 is 0 Å². The molecule has 1 amide bonds. The van der Waals surface area contributed by atoms with E-state index in [4.69, 9.17) is 4.74 Å². The third-order valence-electron chi connectivity index (χ3n) is 3.61. The number of carbonyl (C=O) groups excluding carboxylic acids is 1. The van der Waals surface area contributed by atoms with Crippen LogP contribution in [-0.2, 0) is 4.79 Å². The topological polar surface area (TPSA) is 54.1 Å². The Labute approximate surface area is 112 Å². The Kier molecular flexibility index (Phi) is 3.40. The van der Waals surface area contributed by atoms with Gasteiger partial charge in [0.2, 0.25) is 0 Å². The van der Waals surface area contributed by atoms with Crippen molar-refractivity contribution in [1.29, 1.82) is 0 Å². The number of hydrogen-bond acceptors (Lipinski definition) is 2. The van der Waals surface area contributed by atoms with Gasteiger partial charge in [-0.05, 0) is 37.1 Å². The molecular formula is C15H18N2O2. The summed E-state index contributed by atoms with van der Waals surface area (Å²) in [5.41, 5.74) is 1.07. The van der Waals surface area contributed by atoms with E-state index in [1.54, 1.807) is 0 Å². The second kappa shape index (κ2) is 5.34. The van der Waals surface area contributed by atoms with Gasteiger partial charge in [-0.3, -0.25) is 4.79 Å². The van der Waals surface area contributed by atoms with E-state index in [1.165, 1.54) is 12.8 Å². The minimum Gasteiger partial charge on any atom is -0.484 e. The lowest BCUT2D eigenvalue weighted by Crippen LogP contribution is -2.36. The molecule has 1 heterocycles. The molecule has 1 aromatic carbocycles. The van der Waals surface area contributed by atoms with Crippen LogP contribution in [-0.4, -0.2) is 23.5 Å². The van der Waals surface area contributed by atoms with Crippen LogP contribution in [0.5, 0.6) is 5.75 Å². The van der Waals surface area contributed by atoms with E-state index in [-0.39, 0.29) is 12.5 Å². The van der Waals surface area contributed by atoms with Gasteiger partial charge in [-0.15, -0.1) is 0 Å². The van der Waals surface area contributed by atoms with Gasteiger partial charge in [-0.2, -0.15) is 0 Å². The van der Waals surface area contributed by atoms with Gasteiger partial charge in [-0.1, -0.05) is 12.8 Å². The van der Waals surface area contributed by atoms with Crippen molar-refractivity contribution in [2.75, 3.05) is 6.61 Å². The second-order valence-corrected chi connectivity index (χ2v) is 5.06. The Morgan fingerprint density at radius 2 is 2.16 bits per heavy atom. The van der Waals surface area contributed by atoms with Gasteiger partial charge < -0.3 is 15.0 Å². The summed E-state index contributed by atoms with van der Waals surface area (Å²) in [5.74, 6) is 0.703. The molecule has 0 spiro atoms. The van der Waals surface area contributed by atoms with E-state index in [0.29, 0.717) is 6.04 Å². The normalized spacial score (nSPS) is 15.8. The molecule has 0 bridgehead atoms. The first kappa shape index (κ1) is 12.1. The Morgan fingerprint density at radius 3 is 3.00 bits per heavy atom. The van der Waals surface area contributed by atoms with Crippen LogP contribution in [0.4, 0.5) is 0 Å². The number of hydrogen-bond donors (Lipinski definition) is 2. The Hall–Kier alpha value is -1.97. The van der Waals surface area contributed by atoms with Gasteiger partial charge in [0.25, 0.3) is 5.91 Å². The SMILES string of the molecule is O=C(COc1ccc2[nH]ccc2c1)NC1CCCC1. The van der Waals surface area contributed by atoms with Crippen molar-refractivity contribution in [2.24, 2.45) is 0 Å². The van der Waals surface area contributed by atoms with Crippen molar-refractivity contribution in [3.8, 4) is 5.75 Å². The maximum Gasteiger partial charge on any atom is 0.258 e. The first-order valence-corrected chi connectivity index (χ1v) is 6.80. The number of nitrogens with one attached hydrogen (secondary N) is 2. The third-order valence-corrected chi connectivity index (χ3v) is 3.61. The van der Waals surface area contributed by atoms with Crippen molar-refractivity contribution in [3.63, 3.8) is 0 Å². The number of H-pyrrole nitrogens is 1. The predicted molar refractivity (Wildman–Crippen MR) is 74.2 cm³/mol. The Bertz CT molecular complexity index is 570. The molecule has 4 nitrogen and oxygen atoms in total. The molecule has 19 heavy (non-hydrogen) atoms. The molecule has 2 aromatic rings. The number of benzene rings is 1. The number of ether oxygens (including phenoxy) is 1. The quantitative estimate of drug-likeness (QED) is 0.885. The highest BCUT2D eigenvalue weighted by molar-refractivity contribution is 5.81. The first-order chi connectivity index (χ1) is 9.31. The number of rotatable bonds is 4. The molecule has 2 N–H and O–H groups in total. The molecule has 1 aromatic heterocycles. The molecule has 1 fully saturated rings. The summed E-state index contributed by atoms with van der Waals surface area (Å²) in [6.07, 6.45) is 6.52. The Morgan fingerprint density at radius 1 is 1.32 bits per heavy atom. The van der Waals surface area contributed by atoms with Gasteiger partial charge in [0.15, 0.2) is 6.61 Å². The molecular weight excluding hydrogens is 240 g/mol. The van der Waals surface area contributed by atoms with Crippen LogP contribution >= 0.6 is 0 Å². The molecule has 3 rings (SSSR count). The van der Waals surface area contributed by atoms with Crippen LogP contribution in [0.3, 0.4) is 0 Å². The van der Waals surface area contributed by atoms with Crippen molar-refractivity contribution in [1.82, 2.24) is 10.3 Å². The summed E-state index contributed by atoms with van der Waals surface area (Å²) in [6, 6.07) is 8.11. The van der Waals surface area contributed by atoms with Crippen LogP contribution in [0.15, 0.2) is 30.5 Å². The summed E-state index contributed by atoms with van der Waals surface area (Å²) >= 11 is 0. The van der Waals surface area contributed by atoms with Crippen molar-refractivity contribution >= 4 is 16.8 Å². The number of carbonyl (C=O) groups is 1. The zero-order chi connectivity index (χ0) is 13.1. The van der Waals surface area contributed by atoms with Crippen molar-refractivity contribution < 1.29 is 9.53 Å². The maximum absolute atomic E-state index is 11.7. The number of aromatic amines is 1. The fourth-order valence-corrected chi connectivity index (χ4v) is 2.61. The minimum atomic E-state index is -0.0268. The van der Waals surface area contributed by atoms with Crippen molar-refractivity contribution in [2.45, 2.75) is 31.7 Å². The van der Waals surface area contributed by atoms with Crippen LogP contribution in [0.25, 0.3) is 10.9 Å². The molecule has 1 aliphatic rings. The van der Waals surface area contributed by atoms with Gasteiger partial charge in [0.05, 0.1) is 0 Å². The summed E-state index contributed by atoms with van der Waals surface area (Å²) in [4.78, 5) is 14.9. The minimum absolute atomic E-state index is 0.0268. The molecule has 100 valence electrons. The molecule has 1 aliphatic carbocycles. The highest BCUT2D eigenvalue weighted by atomic mass is 16.5. The van der Waals surface area contributed by atoms with Gasteiger partial charge in [0, 0.05) is 23.1 Å². The zero-order valence-electron chi connectivity index (χ0n) is 10.8. The lowest BCUT2D eigenvalue weighted by atomic mass is 10.2. The van der Waals surface area contributed by atoms with Crippen LogP contribution in [0.2, 0.25) is 0 Å². The summed E-state index contributed by atoms with van der Waals surface area (Å²) in [5, 5.41) is 4.10. The molecule has 1 saturated carbocycles. The highest BCUT2D eigenvalue weighted by Crippen LogP contribution is 2.20. The molecule has 0 atom stereocenters.